The summed E-state index contributed by atoms with van der Waals surface area (Å²) >= 11 is 0. The molecule has 0 amide bonds. The van der Waals surface area contributed by atoms with Gasteiger partial charge in [-0.1, -0.05) is 104 Å². The van der Waals surface area contributed by atoms with E-state index in [1.54, 1.807) is 0 Å². The SMILES string of the molecule is CCCCCCCCCCCCC(O)CCC(CCCCCC)S(=O)(=O)O. The number of rotatable bonds is 20. The molecule has 0 heterocycles. The van der Waals surface area contributed by atoms with E-state index in [1.807, 2.05) is 0 Å². The molecule has 0 spiro atoms. The molecule has 4 nitrogen and oxygen atoms in total. The molecule has 0 rings (SSSR count). The van der Waals surface area contributed by atoms with Crippen LogP contribution in [0.25, 0.3) is 0 Å². The molecule has 5 heteroatoms. The molecule has 0 saturated heterocycles. The van der Waals surface area contributed by atoms with E-state index in [0.29, 0.717) is 19.3 Å². The average Bonchev–Trinajstić information content (AvgIpc) is 2.61. The van der Waals surface area contributed by atoms with Crippen LogP contribution in [-0.2, 0) is 10.1 Å². The standard InChI is InChI=1S/C22H46O4S/c1-3-5-7-9-10-11-12-13-14-15-17-21(23)19-20-22(27(24,25)26)18-16-8-6-4-2/h21-23H,3-20H2,1-2H3,(H,24,25,26). The van der Waals surface area contributed by atoms with E-state index >= 15 is 0 Å². The minimum absolute atomic E-state index is 0.365. The molecule has 2 N–H and O–H groups in total. The summed E-state index contributed by atoms with van der Waals surface area (Å²) in [7, 11) is -4.00. The summed E-state index contributed by atoms with van der Waals surface area (Å²) in [6, 6.07) is 0. The van der Waals surface area contributed by atoms with Crippen molar-refractivity contribution in [3.05, 3.63) is 0 Å². The Morgan fingerprint density at radius 2 is 1.00 bits per heavy atom. The first-order valence-electron chi connectivity index (χ1n) is 11.6. The third-order valence-electron chi connectivity index (χ3n) is 5.51. The highest BCUT2D eigenvalue weighted by Crippen LogP contribution is 2.19. The Hall–Kier alpha value is -0.130. The molecule has 2 atom stereocenters. The number of aliphatic hydroxyl groups excluding tert-OH is 1. The van der Waals surface area contributed by atoms with Crippen LogP contribution >= 0.6 is 0 Å². The van der Waals surface area contributed by atoms with Gasteiger partial charge in [0.1, 0.15) is 0 Å². The summed E-state index contributed by atoms with van der Waals surface area (Å²) in [5, 5.41) is 9.41. The minimum atomic E-state index is -4.00. The smallest absolute Gasteiger partial charge is 0.267 e. The van der Waals surface area contributed by atoms with Crippen molar-refractivity contribution >= 4 is 10.1 Å². The molecule has 0 radical (unpaired) electrons. The van der Waals surface area contributed by atoms with E-state index in [2.05, 4.69) is 13.8 Å². The zero-order chi connectivity index (χ0) is 20.4. The minimum Gasteiger partial charge on any atom is -0.393 e. The van der Waals surface area contributed by atoms with Gasteiger partial charge in [-0.2, -0.15) is 8.42 Å². The van der Waals surface area contributed by atoms with Crippen LogP contribution in [0.15, 0.2) is 0 Å². The Balaban J connectivity index is 3.72. The second-order valence-electron chi connectivity index (χ2n) is 8.19. The van der Waals surface area contributed by atoms with Crippen molar-refractivity contribution in [3.8, 4) is 0 Å². The maximum atomic E-state index is 11.5. The largest absolute Gasteiger partial charge is 0.393 e. The van der Waals surface area contributed by atoms with Gasteiger partial charge in [0.2, 0.25) is 0 Å². The predicted molar refractivity (Wildman–Crippen MR) is 116 cm³/mol. The zero-order valence-electron chi connectivity index (χ0n) is 18.0. The number of hydrogen-bond acceptors (Lipinski definition) is 3. The Labute approximate surface area is 169 Å². The van der Waals surface area contributed by atoms with E-state index in [4.69, 9.17) is 0 Å². The molecule has 2 unspecified atom stereocenters. The monoisotopic (exact) mass is 406 g/mol. The summed E-state index contributed by atoms with van der Waals surface area (Å²) in [5.74, 6) is 0. The van der Waals surface area contributed by atoms with Crippen LogP contribution in [0.2, 0.25) is 0 Å². The van der Waals surface area contributed by atoms with Gasteiger partial charge >= 0.3 is 0 Å². The Morgan fingerprint density at radius 1 is 0.593 bits per heavy atom. The summed E-state index contributed by atoms with van der Waals surface area (Å²) in [6.45, 7) is 4.36. The summed E-state index contributed by atoms with van der Waals surface area (Å²) in [5.41, 5.74) is 0. The van der Waals surface area contributed by atoms with Crippen LogP contribution in [0.1, 0.15) is 129 Å². The lowest BCUT2D eigenvalue weighted by molar-refractivity contribution is 0.147. The van der Waals surface area contributed by atoms with Gasteiger partial charge in [0.25, 0.3) is 10.1 Å². The fraction of sp³-hybridized carbons (Fsp3) is 1.00. The van der Waals surface area contributed by atoms with Crippen LogP contribution in [0.3, 0.4) is 0 Å². The fourth-order valence-electron chi connectivity index (χ4n) is 3.63. The Bertz CT molecular complexity index is 409. The molecule has 0 bridgehead atoms. The molecule has 164 valence electrons. The van der Waals surface area contributed by atoms with Gasteiger partial charge in [-0.15, -0.1) is 0 Å². The quantitative estimate of drug-likeness (QED) is 0.175. The van der Waals surface area contributed by atoms with Crippen molar-refractivity contribution in [1.82, 2.24) is 0 Å². The van der Waals surface area contributed by atoms with E-state index in [0.717, 1.165) is 44.9 Å². The maximum Gasteiger partial charge on any atom is 0.267 e. The Morgan fingerprint density at radius 3 is 1.48 bits per heavy atom. The predicted octanol–water partition coefficient (Wildman–Crippen LogP) is 6.67. The molecule has 0 saturated carbocycles. The molecule has 0 aliphatic rings. The average molecular weight is 407 g/mol. The van der Waals surface area contributed by atoms with Crippen molar-refractivity contribution in [2.75, 3.05) is 0 Å². The van der Waals surface area contributed by atoms with E-state index in [-0.39, 0.29) is 0 Å². The fourth-order valence-corrected chi connectivity index (χ4v) is 4.53. The number of aliphatic hydroxyl groups is 1. The number of unbranched alkanes of at least 4 members (excludes halogenated alkanes) is 12. The molecule has 0 aromatic rings. The highest BCUT2D eigenvalue weighted by Gasteiger charge is 2.23. The van der Waals surface area contributed by atoms with Gasteiger partial charge in [0, 0.05) is 0 Å². The Kier molecular flexibility index (Phi) is 17.8. The lowest BCUT2D eigenvalue weighted by Gasteiger charge is -2.16. The lowest BCUT2D eigenvalue weighted by atomic mass is 10.0. The van der Waals surface area contributed by atoms with Gasteiger partial charge in [-0.05, 0) is 25.7 Å². The summed E-state index contributed by atoms with van der Waals surface area (Å²) in [6.07, 6.45) is 18.4. The van der Waals surface area contributed by atoms with Gasteiger partial charge in [0.15, 0.2) is 0 Å². The van der Waals surface area contributed by atoms with E-state index in [9.17, 15) is 18.1 Å². The normalized spacial score (nSPS) is 14.4. The van der Waals surface area contributed by atoms with Crippen LogP contribution in [0.4, 0.5) is 0 Å². The topological polar surface area (TPSA) is 74.6 Å². The van der Waals surface area contributed by atoms with E-state index in [1.165, 1.54) is 51.4 Å². The van der Waals surface area contributed by atoms with E-state index < -0.39 is 21.5 Å². The molecule has 0 aliphatic carbocycles. The van der Waals surface area contributed by atoms with Gasteiger partial charge in [-0.25, -0.2) is 0 Å². The molecule has 0 fully saturated rings. The van der Waals surface area contributed by atoms with Crippen molar-refractivity contribution < 1.29 is 18.1 Å². The first kappa shape index (κ1) is 26.9. The summed E-state index contributed by atoms with van der Waals surface area (Å²) in [4.78, 5) is 0. The summed E-state index contributed by atoms with van der Waals surface area (Å²) < 4.78 is 32.5. The van der Waals surface area contributed by atoms with Gasteiger partial charge in [0.05, 0.1) is 11.4 Å². The molecule has 0 aliphatic heterocycles. The molecular formula is C22H46O4S. The lowest BCUT2D eigenvalue weighted by Crippen LogP contribution is -2.22. The van der Waals surface area contributed by atoms with Gasteiger partial charge in [-0.3, -0.25) is 4.55 Å². The van der Waals surface area contributed by atoms with Crippen LogP contribution in [0.5, 0.6) is 0 Å². The maximum absolute atomic E-state index is 11.5. The first-order valence-corrected chi connectivity index (χ1v) is 13.1. The van der Waals surface area contributed by atoms with Crippen LogP contribution < -0.4 is 0 Å². The second-order valence-corrected chi connectivity index (χ2v) is 9.88. The highest BCUT2D eigenvalue weighted by molar-refractivity contribution is 7.86. The van der Waals surface area contributed by atoms with Crippen molar-refractivity contribution in [2.45, 2.75) is 141 Å². The van der Waals surface area contributed by atoms with Crippen LogP contribution in [0, 0.1) is 0 Å². The third kappa shape index (κ3) is 17.7. The first-order chi connectivity index (χ1) is 12.9. The molecule has 0 aromatic carbocycles. The second kappa shape index (κ2) is 17.9. The van der Waals surface area contributed by atoms with Crippen molar-refractivity contribution in [1.29, 1.82) is 0 Å². The molecular weight excluding hydrogens is 360 g/mol. The highest BCUT2D eigenvalue weighted by atomic mass is 32.2. The number of hydrogen-bond donors (Lipinski definition) is 2. The third-order valence-corrected chi connectivity index (χ3v) is 6.83. The van der Waals surface area contributed by atoms with Crippen molar-refractivity contribution in [3.63, 3.8) is 0 Å². The van der Waals surface area contributed by atoms with Crippen molar-refractivity contribution in [2.24, 2.45) is 0 Å². The molecule has 27 heavy (non-hydrogen) atoms. The van der Waals surface area contributed by atoms with Gasteiger partial charge < -0.3 is 5.11 Å². The molecule has 0 aromatic heterocycles. The zero-order valence-corrected chi connectivity index (χ0v) is 18.8. The van der Waals surface area contributed by atoms with Crippen LogP contribution in [-0.4, -0.2) is 29.4 Å².